The van der Waals surface area contributed by atoms with E-state index in [0.717, 1.165) is 54.1 Å². The predicted molar refractivity (Wildman–Crippen MR) is 123 cm³/mol. The third-order valence-corrected chi connectivity index (χ3v) is 10.4. The van der Waals surface area contributed by atoms with Crippen molar-refractivity contribution in [1.82, 2.24) is 9.88 Å². The van der Waals surface area contributed by atoms with Crippen LogP contribution in [0.2, 0.25) is 0 Å². The number of para-hydroxylation sites is 1. The molecule has 4 aliphatic rings. The molecule has 2 aliphatic heterocycles. The van der Waals surface area contributed by atoms with Crippen molar-refractivity contribution in [3.8, 4) is 5.75 Å². The number of benzene rings is 1. The smallest absolute Gasteiger partial charge is 0.305 e. The second kappa shape index (κ2) is 8.00. The van der Waals surface area contributed by atoms with Crippen molar-refractivity contribution in [2.24, 2.45) is 17.8 Å². The highest BCUT2D eigenvalue weighted by atomic mass is 32.2. The molecular weight excluding hydrogens is 428 g/mol. The van der Waals surface area contributed by atoms with Crippen LogP contribution in [0.25, 0.3) is 0 Å². The van der Waals surface area contributed by atoms with Crippen LogP contribution in [0.4, 0.5) is 0 Å². The first-order valence-corrected chi connectivity index (χ1v) is 13.3. The molecule has 6 rings (SSSR count). The number of aromatic amines is 1. The maximum Gasteiger partial charge on any atom is 0.305 e. The van der Waals surface area contributed by atoms with E-state index in [2.05, 4.69) is 17.1 Å². The number of aromatic nitrogens is 1. The van der Waals surface area contributed by atoms with Gasteiger partial charge in [0.1, 0.15) is 5.75 Å². The molecule has 31 heavy (non-hydrogen) atoms. The van der Waals surface area contributed by atoms with Crippen LogP contribution in [0.3, 0.4) is 0 Å². The second-order valence-corrected chi connectivity index (χ2v) is 11.6. The summed E-state index contributed by atoms with van der Waals surface area (Å²) in [5, 5.41) is 1.64. The Balaban J connectivity index is 1.32. The Bertz CT molecular complexity index is 1040. The molecule has 3 fully saturated rings. The molecule has 0 spiro atoms. The molecule has 2 saturated carbocycles. The van der Waals surface area contributed by atoms with Gasteiger partial charge in [0.2, 0.25) is 0 Å². The number of carbonyl (C=O) groups excluding carboxylic acids is 1. The molecule has 5 atom stereocenters. The van der Waals surface area contributed by atoms with Crippen LogP contribution < -0.4 is 9.61 Å². The number of amides is 1. The number of hydrogen-bond donors (Lipinski definition) is 1. The zero-order chi connectivity index (χ0) is 20.9. The number of likely N-dealkylation sites (tertiary alicyclic amines) is 1. The number of nitrogens with zero attached hydrogens (tertiary/aromatic N) is 1. The number of rotatable bonds is 4. The Labute approximate surface area is 190 Å². The molecule has 1 aromatic carbocycles. The van der Waals surface area contributed by atoms with E-state index in [4.69, 9.17) is 4.74 Å². The molecule has 7 heteroatoms. The number of thiazole rings is 1. The van der Waals surface area contributed by atoms with Gasteiger partial charge in [-0.15, -0.1) is 11.8 Å². The lowest BCUT2D eigenvalue weighted by Gasteiger charge is -2.40. The zero-order valence-corrected chi connectivity index (χ0v) is 19.2. The van der Waals surface area contributed by atoms with Gasteiger partial charge in [-0.25, -0.2) is 0 Å². The Morgan fingerprint density at radius 2 is 1.94 bits per heavy atom. The molecule has 1 aromatic heterocycles. The van der Waals surface area contributed by atoms with Crippen molar-refractivity contribution in [2.45, 2.75) is 54.7 Å². The van der Waals surface area contributed by atoms with Crippen molar-refractivity contribution in [3.63, 3.8) is 0 Å². The first-order chi connectivity index (χ1) is 15.2. The quantitative estimate of drug-likeness (QED) is 0.737. The van der Waals surface area contributed by atoms with Crippen LogP contribution in [-0.4, -0.2) is 40.7 Å². The summed E-state index contributed by atoms with van der Waals surface area (Å²) in [6.45, 7) is 1.78. The molecule has 2 aromatic rings. The monoisotopic (exact) mass is 456 g/mol. The highest BCUT2D eigenvalue weighted by Gasteiger charge is 2.55. The van der Waals surface area contributed by atoms with E-state index in [1.807, 2.05) is 28.8 Å². The topological polar surface area (TPSA) is 62.4 Å². The lowest BCUT2D eigenvalue weighted by molar-refractivity contribution is -0.134. The highest BCUT2D eigenvalue weighted by Crippen LogP contribution is 2.64. The van der Waals surface area contributed by atoms with Crippen LogP contribution >= 0.6 is 23.1 Å². The summed E-state index contributed by atoms with van der Waals surface area (Å²) in [5.74, 6) is 3.09. The van der Waals surface area contributed by atoms with E-state index < -0.39 is 0 Å². The molecule has 164 valence electrons. The van der Waals surface area contributed by atoms with E-state index in [0.29, 0.717) is 11.2 Å². The van der Waals surface area contributed by atoms with Gasteiger partial charge in [0.25, 0.3) is 5.91 Å². The number of fused-ring (bicyclic) bond motifs is 6. The summed E-state index contributed by atoms with van der Waals surface area (Å²) < 4.78 is 6.17. The summed E-state index contributed by atoms with van der Waals surface area (Å²) in [5.41, 5.74) is 1.15. The van der Waals surface area contributed by atoms with Gasteiger partial charge in [-0.1, -0.05) is 29.5 Å². The predicted octanol–water partition coefficient (Wildman–Crippen LogP) is 4.48. The Morgan fingerprint density at radius 3 is 2.81 bits per heavy atom. The van der Waals surface area contributed by atoms with Crippen LogP contribution in [0, 0.1) is 17.8 Å². The van der Waals surface area contributed by atoms with Crippen molar-refractivity contribution in [2.75, 3.05) is 19.7 Å². The number of nitrogens with one attached hydrogen (secondary N) is 1. The van der Waals surface area contributed by atoms with Gasteiger partial charge < -0.3 is 14.6 Å². The summed E-state index contributed by atoms with van der Waals surface area (Å²) >= 11 is 3.27. The van der Waals surface area contributed by atoms with Crippen LogP contribution in [0.15, 0.2) is 34.1 Å². The number of H-pyrrole nitrogens is 1. The van der Waals surface area contributed by atoms with E-state index >= 15 is 0 Å². The summed E-state index contributed by atoms with van der Waals surface area (Å²) in [4.78, 5) is 31.2. The molecule has 4 unspecified atom stereocenters. The Kier molecular flexibility index (Phi) is 5.14. The van der Waals surface area contributed by atoms with E-state index in [-0.39, 0.29) is 23.3 Å². The molecule has 3 heterocycles. The van der Waals surface area contributed by atoms with Crippen molar-refractivity contribution < 1.29 is 9.53 Å². The minimum atomic E-state index is 0.0356. The molecular formula is C24H28N2O3S2. The van der Waals surface area contributed by atoms with Gasteiger partial charge in [0.05, 0.1) is 5.03 Å². The number of piperidine rings is 1. The fourth-order valence-electron chi connectivity index (χ4n) is 6.44. The third-order valence-electron chi connectivity index (χ3n) is 7.78. The van der Waals surface area contributed by atoms with Crippen molar-refractivity contribution >= 4 is 29.0 Å². The second-order valence-electron chi connectivity index (χ2n) is 9.45. The minimum Gasteiger partial charge on any atom is -0.483 e. The molecule has 1 saturated heterocycles. The normalized spacial score (nSPS) is 31.4. The first kappa shape index (κ1) is 19.9. The van der Waals surface area contributed by atoms with Crippen molar-refractivity contribution in [1.29, 1.82) is 0 Å². The fourth-order valence-corrected chi connectivity index (χ4v) is 9.33. The van der Waals surface area contributed by atoms with Crippen LogP contribution in [0.1, 0.15) is 54.9 Å². The Morgan fingerprint density at radius 1 is 1.13 bits per heavy atom. The summed E-state index contributed by atoms with van der Waals surface area (Å²) in [7, 11) is 0. The largest absolute Gasteiger partial charge is 0.483 e. The molecule has 0 radical (unpaired) electrons. The zero-order valence-electron chi connectivity index (χ0n) is 17.5. The minimum absolute atomic E-state index is 0.0356. The molecule has 1 N–H and O–H groups in total. The van der Waals surface area contributed by atoms with E-state index in [9.17, 15) is 9.59 Å². The van der Waals surface area contributed by atoms with Gasteiger partial charge in [-0.3, -0.25) is 9.59 Å². The van der Waals surface area contributed by atoms with Gasteiger partial charge >= 0.3 is 4.87 Å². The average molecular weight is 457 g/mol. The molecule has 5 nitrogen and oxygen atoms in total. The van der Waals surface area contributed by atoms with Crippen molar-refractivity contribution in [3.05, 3.63) is 44.4 Å². The lowest BCUT2D eigenvalue weighted by Crippen LogP contribution is -2.38. The Hall–Kier alpha value is -1.73. The van der Waals surface area contributed by atoms with Crippen LogP contribution in [-0.2, 0) is 4.79 Å². The maximum absolute atomic E-state index is 12.7. The number of thioether (sulfide) groups is 1. The van der Waals surface area contributed by atoms with E-state index in [1.54, 1.807) is 0 Å². The number of carbonyl (C=O) groups is 1. The molecule has 1 amide bonds. The number of hydrogen-bond acceptors (Lipinski definition) is 5. The highest BCUT2D eigenvalue weighted by molar-refractivity contribution is 8.00. The standard InChI is InChI=1S/C24H28N2O3S2/c27-18(26-10-4-1-5-11-26)13-29-17-7-3-2-6-16(17)20-19-14-8-9-15(12-14)21(19)30-23-22(20)31-24(28)25-23/h2-3,6-7,14-15,19-21H,1,4-5,8-13H2,(H,25,28)/t14?,15?,19?,20-,21?/m1/s1. The molecule has 2 aliphatic carbocycles. The number of ether oxygens (including phenoxy) is 1. The summed E-state index contributed by atoms with van der Waals surface area (Å²) in [6.07, 6.45) is 7.31. The van der Waals surface area contributed by atoms with Crippen LogP contribution in [0.5, 0.6) is 5.75 Å². The molecule has 2 bridgehead atoms. The average Bonchev–Trinajstić information content (AvgIpc) is 3.51. The van der Waals surface area contributed by atoms with Gasteiger partial charge in [0, 0.05) is 34.7 Å². The summed E-state index contributed by atoms with van der Waals surface area (Å²) in [6, 6.07) is 8.20. The third kappa shape index (κ3) is 3.44. The SMILES string of the molecule is O=C(COc1ccccc1[C@H]1c2sc(=O)[nH]c2SC2C3CCC(C3)C21)N1CCCCC1. The van der Waals surface area contributed by atoms with Gasteiger partial charge in [-0.2, -0.15) is 0 Å². The maximum atomic E-state index is 12.7. The van der Waals surface area contributed by atoms with E-state index in [1.165, 1.54) is 41.9 Å². The van der Waals surface area contributed by atoms with Gasteiger partial charge in [0.15, 0.2) is 6.61 Å². The van der Waals surface area contributed by atoms with Gasteiger partial charge in [-0.05, 0) is 62.3 Å². The fraction of sp³-hybridized carbons (Fsp3) is 0.583. The lowest BCUT2D eigenvalue weighted by atomic mass is 9.74. The first-order valence-electron chi connectivity index (χ1n) is 11.6.